The van der Waals surface area contributed by atoms with E-state index in [1.807, 2.05) is 38.1 Å². The van der Waals surface area contributed by atoms with Crippen LogP contribution in [0.15, 0.2) is 53.4 Å². The van der Waals surface area contributed by atoms with E-state index in [1.165, 1.54) is 4.31 Å². The first-order chi connectivity index (χ1) is 13.9. The Morgan fingerprint density at radius 1 is 1.21 bits per heavy atom. The normalized spacial score (nSPS) is 17.7. The van der Waals surface area contributed by atoms with Crippen molar-refractivity contribution in [3.05, 3.63) is 59.7 Å². The Morgan fingerprint density at radius 3 is 2.69 bits per heavy atom. The number of benzene rings is 2. The van der Waals surface area contributed by atoms with Crippen LogP contribution < -0.4 is 10.1 Å². The van der Waals surface area contributed by atoms with Gasteiger partial charge in [0.25, 0.3) is 0 Å². The Bertz CT molecular complexity index is 942. The minimum Gasteiger partial charge on any atom is -0.494 e. The molecule has 1 aliphatic heterocycles. The predicted octanol–water partition coefficient (Wildman–Crippen LogP) is 3.11. The molecule has 1 atom stereocenters. The molecule has 1 N–H and O–H groups in total. The summed E-state index contributed by atoms with van der Waals surface area (Å²) in [6, 6.07) is 14.4. The molecular weight excluding hydrogens is 388 g/mol. The molecule has 29 heavy (non-hydrogen) atoms. The monoisotopic (exact) mass is 416 g/mol. The highest BCUT2D eigenvalue weighted by Crippen LogP contribution is 2.24. The van der Waals surface area contributed by atoms with Crippen LogP contribution in [-0.2, 0) is 21.4 Å². The minimum atomic E-state index is -3.59. The number of piperidine rings is 1. The summed E-state index contributed by atoms with van der Waals surface area (Å²) in [6.07, 6.45) is 1.35. The van der Waals surface area contributed by atoms with E-state index in [0.29, 0.717) is 32.5 Å². The number of hydrogen-bond acceptors (Lipinski definition) is 4. The number of aryl methyl sites for hydroxylation is 1. The van der Waals surface area contributed by atoms with Gasteiger partial charge in [-0.05, 0) is 56.5 Å². The number of sulfonamides is 1. The summed E-state index contributed by atoms with van der Waals surface area (Å²) >= 11 is 0. The van der Waals surface area contributed by atoms with Crippen LogP contribution >= 0.6 is 0 Å². The van der Waals surface area contributed by atoms with Crippen molar-refractivity contribution in [1.29, 1.82) is 0 Å². The largest absolute Gasteiger partial charge is 0.494 e. The number of amides is 1. The van der Waals surface area contributed by atoms with Crippen molar-refractivity contribution in [2.24, 2.45) is 5.92 Å². The Hall–Kier alpha value is -2.38. The zero-order valence-corrected chi connectivity index (χ0v) is 17.7. The molecule has 1 aliphatic rings. The molecule has 7 heteroatoms. The van der Waals surface area contributed by atoms with Gasteiger partial charge in [-0.15, -0.1) is 0 Å². The van der Waals surface area contributed by atoms with Crippen molar-refractivity contribution in [1.82, 2.24) is 9.62 Å². The van der Waals surface area contributed by atoms with Crippen LogP contribution in [0.1, 0.15) is 30.9 Å². The van der Waals surface area contributed by atoms with Gasteiger partial charge in [0.05, 0.1) is 17.4 Å². The molecule has 6 nitrogen and oxygen atoms in total. The average Bonchev–Trinajstić information content (AvgIpc) is 2.73. The number of nitrogens with one attached hydrogen (secondary N) is 1. The first-order valence-corrected chi connectivity index (χ1v) is 11.4. The molecule has 2 aromatic rings. The van der Waals surface area contributed by atoms with Crippen molar-refractivity contribution >= 4 is 15.9 Å². The molecule has 0 bridgehead atoms. The minimum absolute atomic E-state index is 0.115. The van der Waals surface area contributed by atoms with Gasteiger partial charge in [-0.1, -0.05) is 29.8 Å². The summed E-state index contributed by atoms with van der Waals surface area (Å²) in [5, 5.41) is 2.94. The molecule has 0 aliphatic carbocycles. The highest BCUT2D eigenvalue weighted by atomic mass is 32.2. The van der Waals surface area contributed by atoms with Gasteiger partial charge in [-0.2, -0.15) is 4.31 Å². The third-order valence-electron chi connectivity index (χ3n) is 5.09. The second kappa shape index (κ2) is 9.41. The quantitative estimate of drug-likeness (QED) is 0.753. The molecule has 3 rings (SSSR count). The fourth-order valence-electron chi connectivity index (χ4n) is 3.48. The second-order valence-corrected chi connectivity index (χ2v) is 9.25. The average molecular weight is 417 g/mol. The molecule has 1 heterocycles. The Morgan fingerprint density at radius 2 is 1.97 bits per heavy atom. The maximum atomic E-state index is 12.9. The van der Waals surface area contributed by atoms with E-state index >= 15 is 0 Å². The lowest BCUT2D eigenvalue weighted by molar-refractivity contribution is -0.126. The predicted molar refractivity (Wildman–Crippen MR) is 112 cm³/mol. The van der Waals surface area contributed by atoms with Crippen molar-refractivity contribution in [3.63, 3.8) is 0 Å². The summed E-state index contributed by atoms with van der Waals surface area (Å²) in [6.45, 7) is 5.47. The van der Waals surface area contributed by atoms with E-state index in [1.54, 1.807) is 24.3 Å². The Labute approximate surface area is 172 Å². The summed E-state index contributed by atoms with van der Waals surface area (Å²) in [4.78, 5) is 12.9. The maximum Gasteiger partial charge on any atom is 0.243 e. The molecule has 0 spiro atoms. The molecule has 156 valence electrons. The van der Waals surface area contributed by atoms with Crippen molar-refractivity contribution in [2.45, 2.75) is 38.1 Å². The standard InChI is InChI=1S/C22H28N2O4S/c1-3-28-20-8-4-6-18(14-20)15-23-22(25)19-7-5-13-24(16-19)29(26,27)21-11-9-17(2)10-12-21/h4,6,8-12,14,19H,3,5,7,13,15-16H2,1-2H3,(H,23,25). The molecule has 0 radical (unpaired) electrons. The van der Waals surface area contributed by atoms with E-state index in [0.717, 1.165) is 16.9 Å². The van der Waals surface area contributed by atoms with E-state index < -0.39 is 10.0 Å². The zero-order valence-electron chi connectivity index (χ0n) is 16.9. The van der Waals surface area contributed by atoms with Crippen LogP contribution in [0, 0.1) is 12.8 Å². The lowest BCUT2D eigenvalue weighted by atomic mass is 9.99. The smallest absolute Gasteiger partial charge is 0.243 e. The topological polar surface area (TPSA) is 75.7 Å². The van der Waals surface area contributed by atoms with Crippen LogP contribution in [0.5, 0.6) is 5.75 Å². The third kappa shape index (κ3) is 5.36. The Balaban J connectivity index is 1.62. The summed E-state index contributed by atoms with van der Waals surface area (Å²) in [7, 11) is -3.59. The summed E-state index contributed by atoms with van der Waals surface area (Å²) in [5.74, 6) is 0.307. The second-order valence-electron chi connectivity index (χ2n) is 7.31. The van der Waals surface area contributed by atoms with Crippen molar-refractivity contribution in [3.8, 4) is 5.75 Å². The van der Waals surface area contributed by atoms with Crippen LogP contribution in [0.3, 0.4) is 0 Å². The third-order valence-corrected chi connectivity index (χ3v) is 6.97. The van der Waals surface area contributed by atoms with Gasteiger partial charge in [0.1, 0.15) is 5.75 Å². The SMILES string of the molecule is CCOc1cccc(CNC(=O)C2CCCN(S(=O)(=O)c3ccc(C)cc3)C2)c1. The number of ether oxygens (including phenoxy) is 1. The van der Waals surface area contributed by atoms with Gasteiger partial charge >= 0.3 is 0 Å². The van der Waals surface area contributed by atoms with Crippen LogP contribution in [0.4, 0.5) is 0 Å². The number of carbonyl (C=O) groups is 1. The highest BCUT2D eigenvalue weighted by molar-refractivity contribution is 7.89. The van der Waals surface area contributed by atoms with Crippen LogP contribution in [0.2, 0.25) is 0 Å². The Kier molecular flexibility index (Phi) is 6.92. The highest BCUT2D eigenvalue weighted by Gasteiger charge is 2.33. The van der Waals surface area contributed by atoms with Crippen LogP contribution in [0.25, 0.3) is 0 Å². The van der Waals surface area contributed by atoms with E-state index in [-0.39, 0.29) is 23.3 Å². The zero-order chi connectivity index (χ0) is 20.9. The van der Waals surface area contributed by atoms with Gasteiger partial charge in [0, 0.05) is 19.6 Å². The van der Waals surface area contributed by atoms with E-state index in [9.17, 15) is 13.2 Å². The van der Waals surface area contributed by atoms with Gasteiger partial charge in [0.2, 0.25) is 15.9 Å². The molecular formula is C22H28N2O4S. The van der Waals surface area contributed by atoms with Gasteiger partial charge < -0.3 is 10.1 Å². The van der Waals surface area contributed by atoms with Crippen molar-refractivity contribution < 1.29 is 17.9 Å². The van der Waals surface area contributed by atoms with Gasteiger partial charge in [0.15, 0.2) is 0 Å². The van der Waals surface area contributed by atoms with Crippen molar-refractivity contribution in [2.75, 3.05) is 19.7 Å². The van der Waals surface area contributed by atoms with Crippen LogP contribution in [-0.4, -0.2) is 38.3 Å². The number of rotatable bonds is 7. The molecule has 1 fully saturated rings. The molecule has 1 unspecified atom stereocenters. The van der Waals surface area contributed by atoms with Gasteiger partial charge in [-0.25, -0.2) is 8.42 Å². The molecule has 2 aromatic carbocycles. The maximum absolute atomic E-state index is 12.9. The number of hydrogen-bond donors (Lipinski definition) is 1. The lowest BCUT2D eigenvalue weighted by Crippen LogP contribution is -2.45. The van der Waals surface area contributed by atoms with E-state index in [4.69, 9.17) is 4.74 Å². The van der Waals surface area contributed by atoms with Gasteiger partial charge in [-0.3, -0.25) is 4.79 Å². The fraction of sp³-hybridized carbons (Fsp3) is 0.409. The van der Waals surface area contributed by atoms with E-state index in [2.05, 4.69) is 5.32 Å². The first-order valence-electron chi connectivity index (χ1n) is 9.96. The number of carbonyl (C=O) groups excluding carboxylic acids is 1. The first kappa shape index (κ1) is 21.3. The molecule has 1 amide bonds. The molecule has 0 aromatic heterocycles. The summed E-state index contributed by atoms with van der Waals surface area (Å²) in [5.41, 5.74) is 1.96. The lowest BCUT2D eigenvalue weighted by Gasteiger charge is -2.31. The molecule has 1 saturated heterocycles. The number of nitrogens with zero attached hydrogens (tertiary/aromatic N) is 1. The summed E-state index contributed by atoms with van der Waals surface area (Å²) < 4.78 is 32.8. The fourth-order valence-corrected chi connectivity index (χ4v) is 5.00. The molecule has 0 saturated carbocycles.